The monoisotopic (exact) mass is 466 g/mol. The standard InChI is InChI=1S/C22H31ClN4O5/c1-12(10-17(28)29)25-20(31)16-6-5-9-27(16)21(32)18(22(2,3)4)26-19(30)13-7-8-15(24)14(23)11-13/h7-8,11-12,16,18H,5-6,9-10,24H2,1-4H3,(H,25,31)(H,26,30)(H,28,29)/t12-,16+,18-/m1/s1. The molecule has 1 fully saturated rings. The van der Waals surface area contributed by atoms with Crippen molar-refractivity contribution in [2.24, 2.45) is 5.41 Å². The van der Waals surface area contributed by atoms with Gasteiger partial charge in [0.15, 0.2) is 0 Å². The molecule has 1 heterocycles. The molecule has 0 aliphatic carbocycles. The molecule has 3 amide bonds. The number of rotatable bonds is 7. The zero-order valence-corrected chi connectivity index (χ0v) is 19.5. The van der Waals surface area contributed by atoms with E-state index in [1.54, 1.807) is 6.92 Å². The van der Waals surface area contributed by atoms with E-state index in [4.69, 9.17) is 22.4 Å². The number of nitrogens with two attached hydrogens (primary N) is 1. The fourth-order valence-electron chi connectivity index (χ4n) is 3.65. The number of hydrogen-bond acceptors (Lipinski definition) is 5. The number of carboxylic acids is 1. The van der Waals surface area contributed by atoms with Crippen LogP contribution in [0.1, 0.15) is 57.3 Å². The van der Waals surface area contributed by atoms with Crippen molar-refractivity contribution < 1.29 is 24.3 Å². The van der Waals surface area contributed by atoms with Gasteiger partial charge in [0, 0.05) is 18.2 Å². The number of nitrogens with zero attached hydrogens (tertiary/aromatic N) is 1. The molecule has 0 unspecified atom stereocenters. The Hall–Kier alpha value is -2.81. The normalized spacial score (nSPS) is 18.0. The topological polar surface area (TPSA) is 142 Å². The van der Waals surface area contributed by atoms with Crippen molar-refractivity contribution in [2.45, 2.75) is 65.1 Å². The highest BCUT2D eigenvalue weighted by atomic mass is 35.5. The van der Waals surface area contributed by atoms with Crippen LogP contribution in [-0.2, 0) is 14.4 Å². The summed E-state index contributed by atoms with van der Waals surface area (Å²) in [6.45, 7) is 7.45. The highest BCUT2D eigenvalue weighted by Crippen LogP contribution is 2.27. The average molecular weight is 467 g/mol. The molecule has 3 atom stereocenters. The fraction of sp³-hybridized carbons (Fsp3) is 0.545. The quantitative estimate of drug-likeness (QED) is 0.453. The van der Waals surface area contributed by atoms with Crippen LogP contribution in [0.3, 0.4) is 0 Å². The van der Waals surface area contributed by atoms with Crippen LogP contribution in [0.25, 0.3) is 0 Å². The molecular weight excluding hydrogens is 436 g/mol. The van der Waals surface area contributed by atoms with Crippen molar-refractivity contribution in [1.82, 2.24) is 15.5 Å². The SMILES string of the molecule is C[C@H](CC(=O)O)NC(=O)[C@@H]1CCCN1C(=O)[C@@H](NC(=O)c1ccc(N)c(Cl)c1)C(C)(C)C. The number of carboxylic acid groups (broad SMARTS) is 1. The van der Waals surface area contributed by atoms with Crippen LogP contribution in [0.4, 0.5) is 5.69 Å². The fourth-order valence-corrected chi connectivity index (χ4v) is 3.83. The van der Waals surface area contributed by atoms with Crippen LogP contribution in [0.2, 0.25) is 5.02 Å². The van der Waals surface area contributed by atoms with Gasteiger partial charge in [-0.3, -0.25) is 19.2 Å². The summed E-state index contributed by atoms with van der Waals surface area (Å²) in [5, 5.41) is 14.6. The van der Waals surface area contributed by atoms with Gasteiger partial charge in [0.05, 0.1) is 17.1 Å². The maximum absolute atomic E-state index is 13.4. The van der Waals surface area contributed by atoms with E-state index in [9.17, 15) is 19.2 Å². The Bertz CT molecular complexity index is 899. The van der Waals surface area contributed by atoms with Gasteiger partial charge in [-0.2, -0.15) is 0 Å². The van der Waals surface area contributed by atoms with Gasteiger partial charge in [0.1, 0.15) is 12.1 Å². The van der Waals surface area contributed by atoms with Gasteiger partial charge in [-0.25, -0.2) is 0 Å². The zero-order valence-electron chi connectivity index (χ0n) is 18.8. The molecule has 0 radical (unpaired) electrons. The van der Waals surface area contributed by atoms with Crippen LogP contribution in [0.5, 0.6) is 0 Å². The summed E-state index contributed by atoms with van der Waals surface area (Å²) >= 11 is 6.02. The van der Waals surface area contributed by atoms with Gasteiger partial charge in [0.2, 0.25) is 11.8 Å². The van der Waals surface area contributed by atoms with E-state index in [0.29, 0.717) is 25.1 Å². The summed E-state index contributed by atoms with van der Waals surface area (Å²) in [6, 6.07) is 2.31. The molecule has 1 saturated heterocycles. The molecule has 0 bridgehead atoms. The third kappa shape index (κ3) is 6.35. The number of nitrogen functional groups attached to an aromatic ring is 1. The first-order chi connectivity index (χ1) is 14.8. The van der Waals surface area contributed by atoms with Crippen LogP contribution in [0, 0.1) is 5.41 Å². The lowest BCUT2D eigenvalue weighted by molar-refractivity contribution is -0.142. The first-order valence-electron chi connectivity index (χ1n) is 10.5. The van der Waals surface area contributed by atoms with Crippen LogP contribution >= 0.6 is 11.6 Å². The van der Waals surface area contributed by atoms with Crippen molar-refractivity contribution in [2.75, 3.05) is 12.3 Å². The Morgan fingerprint density at radius 1 is 1.25 bits per heavy atom. The van der Waals surface area contributed by atoms with E-state index in [1.807, 2.05) is 20.8 Å². The number of aliphatic carboxylic acids is 1. The van der Waals surface area contributed by atoms with Gasteiger partial charge >= 0.3 is 5.97 Å². The Morgan fingerprint density at radius 2 is 1.91 bits per heavy atom. The second-order valence-electron chi connectivity index (χ2n) is 9.21. The third-order valence-electron chi connectivity index (χ3n) is 5.36. The Labute approximate surface area is 192 Å². The van der Waals surface area contributed by atoms with Gasteiger partial charge in [0.25, 0.3) is 5.91 Å². The molecule has 1 aromatic rings. The molecule has 1 aliphatic heterocycles. The van der Waals surface area contributed by atoms with E-state index < -0.39 is 41.3 Å². The van der Waals surface area contributed by atoms with Crippen molar-refractivity contribution in [1.29, 1.82) is 0 Å². The maximum atomic E-state index is 13.4. The molecule has 0 spiro atoms. The second kappa shape index (κ2) is 10.2. The van der Waals surface area contributed by atoms with Crippen LogP contribution < -0.4 is 16.4 Å². The summed E-state index contributed by atoms with van der Waals surface area (Å²) in [7, 11) is 0. The van der Waals surface area contributed by atoms with Crippen LogP contribution in [-0.4, -0.2) is 58.4 Å². The summed E-state index contributed by atoms with van der Waals surface area (Å²) in [4.78, 5) is 51.3. The third-order valence-corrected chi connectivity index (χ3v) is 5.69. The predicted octanol–water partition coefficient (Wildman–Crippen LogP) is 2.04. The molecule has 5 N–H and O–H groups in total. The Kier molecular flexibility index (Phi) is 8.12. The van der Waals surface area contributed by atoms with Crippen molar-refractivity contribution >= 4 is 41.0 Å². The maximum Gasteiger partial charge on any atom is 0.305 e. The molecule has 0 saturated carbocycles. The van der Waals surface area contributed by atoms with Crippen molar-refractivity contribution in [3.63, 3.8) is 0 Å². The largest absolute Gasteiger partial charge is 0.481 e. The Balaban J connectivity index is 2.18. The lowest BCUT2D eigenvalue weighted by atomic mass is 9.85. The molecule has 0 aromatic heterocycles. The minimum absolute atomic E-state index is 0.211. The molecule has 32 heavy (non-hydrogen) atoms. The predicted molar refractivity (Wildman–Crippen MR) is 121 cm³/mol. The molecule has 176 valence electrons. The lowest BCUT2D eigenvalue weighted by Crippen LogP contribution is -2.58. The van der Waals surface area contributed by atoms with Gasteiger partial charge in [-0.1, -0.05) is 32.4 Å². The first kappa shape index (κ1) is 25.5. The zero-order chi connectivity index (χ0) is 24.2. The number of carbonyl (C=O) groups excluding carboxylic acids is 3. The second-order valence-corrected chi connectivity index (χ2v) is 9.61. The summed E-state index contributed by atoms with van der Waals surface area (Å²) in [6.07, 6.45) is 0.891. The number of halogens is 1. The van der Waals surface area contributed by atoms with Gasteiger partial charge in [-0.15, -0.1) is 0 Å². The first-order valence-corrected chi connectivity index (χ1v) is 10.9. The summed E-state index contributed by atoms with van der Waals surface area (Å²) < 4.78 is 0. The van der Waals surface area contributed by atoms with E-state index in [1.165, 1.54) is 23.1 Å². The minimum Gasteiger partial charge on any atom is -0.481 e. The number of nitrogens with one attached hydrogen (secondary N) is 2. The van der Waals surface area contributed by atoms with Crippen molar-refractivity contribution in [3.8, 4) is 0 Å². The number of benzene rings is 1. The van der Waals surface area contributed by atoms with E-state index >= 15 is 0 Å². The summed E-state index contributed by atoms with van der Waals surface area (Å²) in [5.74, 6) is -2.25. The molecule has 1 aliphatic rings. The molecular formula is C22H31ClN4O5. The molecule has 1 aromatic carbocycles. The molecule has 10 heteroatoms. The Morgan fingerprint density at radius 3 is 2.47 bits per heavy atom. The molecule has 9 nitrogen and oxygen atoms in total. The highest BCUT2D eigenvalue weighted by molar-refractivity contribution is 6.33. The summed E-state index contributed by atoms with van der Waals surface area (Å²) in [5.41, 5.74) is 5.68. The van der Waals surface area contributed by atoms with Crippen LogP contribution in [0.15, 0.2) is 18.2 Å². The number of anilines is 1. The van der Waals surface area contributed by atoms with Crippen molar-refractivity contribution in [3.05, 3.63) is 28.8 Å². The smallest absolute Gasteiger partial charge is 0.305 e. The number of carbonyl (C=O) groups is 4. The van der Waals surface area contributed by atoms with E-state index in [0.717, 1.165) is 0 Å². The number of amides is 3. The average Bonchev–Trinajstić information content (AvgIpc) is 3.16. The number of likely N-dealkylation sites (tertiary alicyclic amines) is 1. The van der Waals surface area contributed by atoms with Gasteiger partial charge < -0.3 is 26.4 Å². The van der Waals surface area contributed by atoms with E-state index in [-0.39, 0.29) is 22.9 Å². The molecule has 2 rings (SSSR count). The van der Waals surface area contributed by atoms with Gasteiger partial charge in [-0.05, 0) is 43.4 Å². The highest BCUT2D eigenvalue weighted by Gasteiger charge is 2.42. The lowest BCUT2D eigenvalue weighted by Gasteiger charge is -2.35. The number of hydrogen-bond donors (Lipinski definition) is 4. The minimum atomic E-state index is -1.02. The van der Waals surface area contributed by atoms with E-state index in [2.05, 4.69) is 10.6 Å².